The molecule has 2 aromatic carbocycles. The molecule has 0 aromatic heterocycles. The maximum absolute atomic E-state index is 13.7. The Morgan fingerprint density at radius 1 is 1.03 bits per heavy atom. The predicted octanol–water partition coefficient (Wildman–Crippen LogP) is 2.03. The lowest BCUT2D eigenvalue weighted by Crippen LogP contribution is -2.62. The smallest absolute Gasteiger partial charge is 0.246 e. The molecule has 0 spiro atoms. The van der Waals surface area contributed by atoms with Crippen molar-refractivity contribution in [1.29, 1.82) is 0 Å². The van der Waals surface area contributed by atoms with Crippen molar-refractivity contribution in [1.82, 2.24) is 15.5 Å². The van der Waals surface area contributed by atoms with Gasteiger partial charge in [-0.1, -0.05) is 55.3 Å². The van der Waals surface area contributed by atoms with E-state index in [1.54, 1.807) is 29.2 Å². The van der Waals surface area contributed by atoms with E-state index in [2.05, 4.69) is 10.6 Å². The molecule has 2 aliphatic rings. The third-order valence-corrected chi connectivity index (χ3v) is 6.95. The summed E-state index contributed by atoms with van der Waals surface area (Å²) in [5.41, 5.74) is 7.22. The molecule has 2 aromatic rings. The van der Waals surface area contributed by atoms with Crippen LogP contribution in [0.3, 0.4) is 0 Å². The van der Waals surface area contributed by atoms with Crippen LogP contribution in [-0.2, 0) is 20.8 Å². The first-order valence-corrected chi connectivity index (χ1v) is 12.4. The Labute approximate surface area is 205 Å². The zero-order valence-electron chi connectivity index (χ0n) is 19.9. The molecule has 0 radical (unpaired) electrons. The summed E-state index contributed by atoms with van der Waals surface area (Å²) in [6.45, 7) is 1.21. The van der Waals surface area contributed by atoms with Gasteiger partial charge in [0.1, 0.15) is 17.8 Å². The third-order valence-electron chi connectivity index (χ3n) is 6.95. The predicted molar refractivity (Wildman–Crippen MR) is 132 cm³/mol. The number of hydrogen-bond donors (Lipinski definition) is 4. The zero-order valence-corrected chi connectivity index (χ0v) is 19.9. The lowest BCUT2D eigenvalue weighted by molar-refractivity contribution is -0.149. The van der Waals surface area contributed by atoms with Crippen LogP contribution in [0.5, 0.6) is 5.75 Å². The number of amides is 3. The summed E-state index contributed by atoms with van der Waals surface area (Å²) in [7, 11) is 0. The highest BCUT2D eigenvalue weighted by Gasteiger charge is 2.54. The van der Waals surface area contributed by atoms with Crippen LogP contribution in [0.4, 0.5) is 0 Å². The van der Waals surface area contributed by atoms with Crippen LogP contribution < -0.4 is 16.4 Å². The highest BCUT2D eigenvalue weighted by molar-refractivity contribution is 5.99. The largest absolute Gasteiger partial charge is 0.508 e. The molecule has 4 rings (SSSR count). The van der Waals surface area contributed by atoms with Crippen molar-refractivity contribution in [3.63, 3.8) is 0 Å². The molecule has 5 N–H and O–H groups in total. The van der Waals surface area contributed by atoms with E-state index in [9.17, 15) is 19.5 Å². The molecule has 8 nitrogen and oxygen atoms in total. The fourth-order valence-corrected chi connectivity index (χ4v) is 5.17. The van der Waals surface area contributed by atoms with Crippen molar-refractivity contribution >= 4 is 17.7 Å². The average molecular weight is 479 g/mol. The van der Waals surface area contributed by atoms with Gasteiger partial charge < -0.3 is 26.4 Å². The number of phenolic OH excluding ortho intramolecular Hbond substituents is 1. The fourth-order valence-electron chi connectivity index (χ4n) is 5.17. The molecule has 8 heteroatoms. The van der Waals surface area contributed by atoms with Crippen LogP contribution in [0.1, 0.15) is 49.3 Å². The van der Waals surface area contributed by atoms with Gasteiger partial charge >= 0.3 is 0 Å². The second-order valence-corrected chi connectivity index (χ2v) is 9.38. The summed E-state index contributed by atoms with van der Waals surface area (Å²) in [5, 5.41) is 15.7. The van der Waals surface area contributed by atoms with E-state index in [4.69, 9.17) is 5.73 Å². The second kappa shape index (κ2) is 11.4. The summed E-state index contributed by atoms with van der Waals surface area (Å²) >= 11 is 0. The highest BCUT2D eigenvalue weighted by Crippen LogP contribution is 2.43. The molecule has 2 fully saturated rings. The number of piperazine rings is 1. The number of nitrogens with two attached hydrogens (primary N) is 1. The number of rotatable bonds is 10. The molecule has 4 atom stereocenters. The standard InChI is InChI=1S/C27H34N4O4/c28-14-6-1-2-7-15-29-25(33)21-17-23-26(34)30-22(16-18-8-4-3-5-9-18)27(35)31(23)24(21)19-10-12-20(32)13-11-19/h3-5,8-13,21-24,32H,1-2,6-7,14-17,28H2,(H,29,33)(H,30,34)/t21-,22-,23-,24-/m0/s1. The molecule has 0 saturated carbocycles. The van der Waals surface area contributed by atoms with E-state index < -0.39 is 24.0 Å². The van der Waals surface area contributed by atoms with Gasteiger partial charge in [0.25, 0.3) is 0 Å². The van der Waals surface area contributed by atoms with Crippen molar-refractivity contribution in [2.75, 3.05) is 13.1 Å². The SMILES string of the molecule is NCCCCCCNC(=O)[C@H]1C[C@H]2C(=O)N[C@@H](Cc3ccccc3)C(=O)N2[C@H]1c1ccc(O)cc1. The molecule has 0 aliphatic carbocycles. The zero-order chi connectivity index (χ0) is 24.8. The molecule has 2 heterocycles. The molecule has 2 saturated heterocycles. The molecular weight excluding hydrogens is 444 g/mol. The van der Waals surface area contributed by atoms with E-state index >= 15 is 0 Å². The molecule has 186 valence electrons. The van der Waals surface area contributed by atoms with Gasteiger partial charge in [-0.15, -0.1) is 0 Å². The van der Waals surface area contributed by atoms with Gasteiger partial charge in [-0.2, -0.15) is 0 Å². The van der Waals surface area contributed by atoms with Gasteiger partial charge in [0.2, 0.25) is 17.7 Å². The van der Waals surface area contributed by atoms with Crippen LogP contribution in [0.25, 0.3) is 0 Å². The lowest BCUT2D eigenvalue weighted by atomic mass is 9.92. The minimum Gasteiger partial charge on any atom is -0.508 e. The van der Waals surface area contributed by atoms with Gasteiger partial charge in [-0.05, 0) is 49.1 Å². The first-order chi connectivity index (χ1) is 17.0. The Bertz CT molecular complexity index is 1030. The number of phenols is 1. The van der Waals surface area contributed by atoms with Gasteiger partial charge in [0.15, 0.2) is 0 Å². The van der Waals surface area contributed by atoms with Gasteiger partial charge in [-0.3, -0.25) is 14.4 Å². The fraction of sp³-hybridized carbons (Fsp3) is 0.444. The second-order valence-electron chi connectivity index (χ2n) is 9.38. The first kappa shape index (κ1) is 24.7. The summed E-state index contributed by atoms with van der Waals surface area (Å²) < 4.78 is 0. The molecular formula is C27H34N4O4. The Kier molecular flexibility index (Phi) is 8.02. The number of hydrogen-bond acceptors (Lipinski definition) is 5. The Hall–Kier alpha value is -3.39. The average Bonchev–Trinajstić information content (AvgIpc) is 3.27. The number of carbonyl (C=O) groups is 3. The lowest BCUT2D eigenvalue weighted by Gasteiger charge is -2.38. The van der Waals surface area contributed by atoms with Crippen LogP contribution in [-0.4, -0.2) is 52.9 Å². The molecule has 3 amide bonds. The van der Waals surface area contributed by atoms with E-state index in [1.807, 2.05) is 30.3 Å². The third kappa shape index (κ3) is 5.65. The van der Waals surface area contributed by atoms with E-state index in [1.165, 1.54) is 0 Å². The minimum atomic E-state index is -0.700. The Morgan fingerprint density at radius 3 is 2.46 bits per heavy atom. The molecule has 35 heavy (non-hydrogen) atoms. The number of nitrogens with zero attached hydrogens (tertiary/aromatic N) is 1. The molecule has 0 bridgehead atoms. The van der Waals surface area contributed by atoms with Crippen LogP contribution in [0.2, 0.25) is 0 Å². The van der Waals surface area contributed by atoms with Gasteiger partial charge in [0, 0.05) is 13.0 Å². The van der Waals surface area contributed by atoms with Gasteiger partial charge in [-0.25, -0.2) is 0 Å². The molecule has 2 aliphatic heterocycles. The van der Waals surface area contributed by atoms with Crippen molar-refractivity contribution in [3.8, 4) is 5.75 Å². The number of unbranched alkanes of at least 4 members (excludes halogenated alkanes) is 3. The number of benzene rings is 2. The van der Waals surface area contributed by atoms with Crippen LogP contribution >= 0.6 is 0 Å². The van der Waals surface area contributed by atoms with E-state index in [0.717, 1.165) is 36.8 Å². The molecule has 0 unspecified atom stereocenters. The number of carbonyl (C=O) groups excluding carboxylic acids is 3. The Morgan fingerprint density at radius 2 is 1.74 bits per heavy atom. The maximum atomic E-state index is 13.7. The summed E-state index contributed by atoms with van der Waals surface area (Å²) in [4.78, 5) is 41.6. The van der Waals surface area contributed by atoms with Crippen LogP contribution in [0, 0.1) is 5.92 Å². The summed E-state index contributed by atoms with van der Waals surface area (Å²) in [5.74, 6) is -1.03. The highest BCUT2D eigenvalue weighted by atomic mass is 16.3. The monoisotopic (exact) mass is 478 g/mol. The number of aromatic hydroxyl groups is 1. The van der Waals surface area contributed by atoms with Gasteiger partial charge in [0.05, 0.1) is 12.0 Å². The van der Waals surface area contributed by atoms with Crippen molar-refractivity contribution in [2.24, 2.45) is 11.7 Å². The number of nitrogens with one attached hydrogen (secondary N) is 2. The Balaban J connectivity index is 1.54. The summed E-state index contributed by atoms with van der Waals surface area (Å²) in [6, 6.07) is 14.1. The van der Waals surface area contributed by atoms with Crippen LogP contribution in [0.15, 0.2) is 54.6 Å². The quantitative estimate of drug-likeness (QED) is 0.389. The minimum absolute atomic E-state index is 0.103. The van der Waals surface area contributed by atoms with Crippen molar-refractivity contribution in [3.05, 3.63) is 65.7 Å². The van der Waals surface area contributed by atoms with Crippen molar-refractivity contribution in [2.45, 2.75) is 56.7 Å². The first-order valence-electron chi connectivity index (χ1n) is 12.4. The van der Waals surface area contributed by atoms with Crippen molar-refractivity contribution < 1.29 is 19.5 Å². The normalized spacial score (nSPS) is 23.6. The summed E-state index contributed by atoms with van der Waals surface area (Å²) in [6.07, 6.45) is 4.49. The number of fused-ring (bicyclic) bond motifs is 1. The van der Waals surface area contributed by atoms with E-state index in [0.29, 0.717) is 19.5 Å². The topological polar surface area (TPSA) is 125 Å². The van der Waals surface area contributed by atoms with E-state index in [-0.39, 0.29) is 29.9 Å². The maximum Gasteiger partial charge on any atom is 0.246 e.